The summed E-state index contributed by atoms with van der Waals surface area (Å²) < 4.78 is 0. The number of carbonyl (C=O) groups is 4. The Morgan fingerprint density at radius 3 is 2.42 bits per heavy atom. The highest BCUT2D eigenvalue weighted by Gasteiger charge is 2.51. The summed E-state index contributed by atoms with van der Waals surface area (Å²) in [5.41, 5.74) is 1.41. The minimum atomic E-state index is -1.10. The van der Waals surface area contributed by atoms with Crippen LogP contribution in [-0.2, 0) is 27.5 Å². The van der Waals surface area contributed by atoms with Crippen LogP contribution in [0.4, 0.5) is 4.79 Å². The highest BCUT2D eigenvalue weighted by molar-refractivity contribution is 5.91. The molecule has 2 atom stereocenters. The highest BCUT2D eigenvalue weighted by Crippen LogP contribution is 2.31. The standard InChI is InChI=1S/C26H31N5O7/c1-2-29-16-23(34)30-19(9-11-24(35)36)25(37)28(14-18-8-10-20(32)21(33)12-18)15-22(30)31(29)26(38)27-13-17-6-4-3-5-7-17/h3-8,10,12,19,22,32-33H,2,9,11,13-16H2,1H3,(H,27,38)(H,35,36)/t19-,22-/m0/s1. The predicted molar refractivity (Wildman–Crippen MR) is 134 cm³/mol. The number of nitrogens with zero attached hydrogens (tertiary/aromatic N) is 4. The van der Waals surface area contributed by atoms with E-state index in [2.05, 4.69) is 5.32 Å². The van der Waals surface area contributed by atoms with Crippen molar-refractivity contribution in [2.45, 2.75) is 45.1 Å². The van der Waals surface area contributed by atoms with Crippen molar-refractivity contribution in [2.24, 2.45) is 0 Å². The van der Waals surface area contributed by atoms with Crippen molar-refractivity contribution in [3.05, 3.63) is 59.7 Å². The first-order valence-electron chi connectivity index (χ1n) is 12.4. The molecule has 2 aliphatic rings. The summed E-state index contributed by atoms with van der Waals surface area (Å²) in [4.78, 5) is 54.4. The Morgan fingerprint density at radius 1 is 1.03 bits per heavy atom. The van der Waals surface area contributed by atoms with Gasteiger partial charge >= 0.3 is 12.0 Å². The number of aliphatic carboxylic acids is 1. The third kappa shape index (κ3) is 5.65. The van der Waals surface area contributed by atoms with Gasteiger partial charge in [-0.1, -0.05) is 43.3 Å². The van der Waals surface area contributed by atoms with E-state index in [1.54, 1.807) is 11.1 Å². The predicted octanol–water partition coefficient (Wildman–Crippen LogP) is 1.29. The van der Waals surface area contributed by atoms with Crippen molar-refractivity contribution in [2.75, 3.05) is 19.6 Å². The molecule has 2 fully saturated rings. The first-order valence-corrected chi connectivity index (χ1v) is 12.4. The Bertz CT molecular complexity index is 1210. The van der Waals surface area contributed by atoms with Crippen LogP contribution >= 0.6 is 0 Å². The SMILES string of the molecule is CCN1CC(=O)N2[C@@H](CCC(=O)O)C(=O)N(Cc3ccc(O)c(O)c3)C[C@@H]2N1C(=O)NCc1ccccc1. The molecule has 2 aromatic rings. The van der Waals surface area contributed by atoms with E-state index in [0.29, 0.717) is 12.1 Å². The second-order valence-corrected chi connectivity index (χ2v) is 9.24. The highest BCUT2D eigenvalue weighted by atomic mass is 16.4. The molecular formula is C26H31N5O7. The van der Waals surface area contributed by atoms with Gasteiger partial charge in [0.05, 0.1) is 13.1 Å². The maximum absolute atomic E-state index is 13.5. The van der Waals surface area contributed by atoms with Gasteiger partial charge in [0.2, 0.25) is 11.8 Å². The Kier molecular flexibility index (Phi) is 8.01. The number of phenolic OH excluding ortho intramolecular Hbond substituents is 2. The van der Waals surface area contributed by atoms with Crippen LogP contribution in [0.5, 0.6) is 11.5 Å². The van der Waals surface area contributed by atoms with Crippen LogP contribution in [-0.4, -0.2) is 90.8 Å². The zero-order valence-corrected chi connectivity index (χ0v) is 21.0. The number of nitrogens with one attached hydrogen (secondary N) is 1. The van der Waals surface area contributed by atoms with Crippen molar-refractivity contribution < 1.29 is 34.5 Å². The summed E-state index contributed by atoms with van der Waals surface area (Å²) in [6.07, 6.45) is -1.31. The van der Waals surface area contributed by atoms with E-state index < -0.39 is 30.1 Å². The average Bonchev–Trinajstić information content (AvgIpc) is 2.89. The van der Waals surface area contributed by atoms with Gasteiger partial charge in [-0.05, 0) is 29.7 Å². The molecule has 0 spiro atoms. The number of benzene rings is 2. The summed E-state index contributed by atoms with van der Waals surface area (Å²) in [7, 11) is 0. The van der Waals surface area contributed by atoms with Crippen LogP contribution in [0.25, 0.3) is 0 Å². The molecule has 0 bridgehead atoms. The van der Waals surface area contributed by atoms with Crippen LogP contribution in [0.2, 0.25) is 0 Å². The Balaban J connectivity index is 1.65. The van der Waals surface area contributed by atoms with Crippen LogP contribution in [0.15, 0.2) is 48.5 Å². The van der Waals surface area contributed by atoms with Gasteiger partial charge in [-0.3, -0.25) is 14.4 Å². The van der Waals surface area contributed by atoms with E-state index in [4.69, 9.17) is 0 Å². The number of aromatic hydroxyl groups is 2. The Morgan fingerprint density at radius 2 is 1.76 bits per heavy atom. The molecule has 0 aliphatic carbocycles. The maximum atomic E-state index is 13.5. The second kappa shape index (κ2) is 11.4. The van der Waals surface area contributed by atoms with Crippen molar-refractivity contribution in [3.8, 4) is 11.5 Å². The molecule has 0 aromatic heterocycles. The molecule has 38 heavy (non-hydrogen) atoms. The molecule has 2 aliphatic heterocycles. The van der Waals surface area contributed by atoms with Crippen molar-refractivity contribution in [1.29, 1.82) is 0 Å². The maximum Gasteiger partial charge on any atom is 0.334 e. The largest absolute Gasteiger partial charge is 0.504 e. The number of fused-ring (bicyclic) bond motifs is 1. The number of hydrogen-bond acceptors (Lipinski definition) is 7. The first-order chi connectivity index (χ1) is 18.2. The molecule has 12 heteroatoms. The van der Waals surface area contributed by atoms with Gasteiger partial charge in [0.15, 0.2) is 11.5 Å². The summed E-state index contributed by atoms with van der Waals surface area (Å²) in [6, 6.07) is 12.0. The monoisotopic (exact) mass is 525 g/mol. The minimum Gasteiger partial charge on any atom is -0.504 e. The van der Waals surface area contributed by atoms with Crippen molar-refractivity contribution in [1.82, 2.24) is 25.1 Å². The number of urea groups is 1. The first kappa shape index (κ1) is 26.7. The molecule has 2 saturated heterocycles. The van der Waals surface area contributed by atoms with Gasteiger partial charge in [0, 0.05) is 26.1 Å². The fraction of sp³-hybridized carbons (Fsp3) is 0.385. The number of hydrazine groups is 1. The van der Waals surface area contributed by atoms with E-state index >= 15 is 0 Å². The average molecular weight is 526 g/mol. The van der Waals surface area contributed by atoms with Crippen LogP contribution in [0.3, 0.4) is 0 Å². The number of rotatable bonds is 8. The third-order valence-electron chi connectivity index (χ3n) is 6.73. The van der Waals surface area contributed by atoms with Gasteiger partial charge in [0.25, 0.3) is 0 Å². The quantitative estimate of drug-likeness (QED) is 0.376. The van der Waals surface area contributed by atoms with Gasteiger partial charge in [-0.15, -0.1) is 0 Å². The Hall–Kier alpha value is -4.32. The summed E-state index contributed by atoms with van der Waals surface area (Å²) in [5.74, 6) is -2.57. The number of carbonyl (C=O) groups excluding carboxylic acids is 3. The molecule has 4 N–H and O–H groups in total. The molecule has 0 unspecified atom stereocenters. The molecule has 2 aromatic carbocycles. The lowest BCUT2D eigenvalue weighted by molar-refractivity contribution is -0.191. The van der Waals surface area contributed by atoms with Crippen molar-refractivity contribution >= 4 is 23.8 Å². The van der Waals surface area contributed by atoms with Gasteiger partial charge < -0.3 is 30.4 Å². The van der Waals surface area contributed by atoms with E-state index in [1.807, 2.05) is 37.3 Å². The molecule has 2 heterocycles. The summed E-state index contributed by atoms with van der Waals surface area (Å²) in [6.45, 7) is 2.30. The van der Waals surface area contributed by atoms with Crippen LogP contribution < -0.4 is 5.32 Å². The molecule has 202 valence electrons. The van der Waals surface area contributed by atoms with Gasteiger partial charge in [-0.25, -0.2) is 14.8 Å². The number of likely N-dealkylation sites (N-methyl/N-ethyl adjacent to an activating group) is 1. The molecule has 4 amide bonds. The van der Waals surface area contributed by atoms with Crippen LogP contribution in [0.1, 0.15) is 30.9 Å². The van der Waals surface area contributed by atoms with E-state index in [0.717, 1.165) is 5.56 Å². The number of amides is 4. The summed E-state index contributed by atoms with van der Waals surface area (Å²) >= 11 is 0. The zero-order chi connectivity index (χ0) is 27.4. The minimum absolute atomic E-state index is 0.0228. The smallest absolute Gasteiger partial charge is 0.334 e. The second-order valence-electron chi connectivity index (χ2n) is 9.24. The fourth-order valence-corrected chi connectivity index (χ4v) is 4.89. The van der Waals surface area contributed by atoms with E-state index in [-0.39, 0.29) is 56.4 Å². The summed E-state index contributed by atoms with van der Waals surface area (Å²) in [5, 5.41) is 34.8. The fourth-order valence-electron chi connectivity index (χ4n) is 4.89. The normalized spacial score (nSPS) is 19.9. The zero-order valence-electron chi connectivity index (χ0n) is 21.0. The third-order valence-corrected chi connectivity index (χ3v) is 6.73. The van der Waals surface area contributed by atoms with Gasteiger partial charge in [-0.2, -0.15) is 0 Å². The van der Waals surface area contributed by atoms with Gasteiger partial charge in [0.1, 0.15) is 12.2 Å². The molecule has 12 nitrogen and oxygen atoms in total. The topological polar surface area (TPSA) is 154 Å². The number of carboxylic acid groups (broad SMARTS) is 1. The van der Waals surface area contributed by atoms with Crippen molar-refractivity contribution in [3.63, 3.8) is 0 Å². The lowest BCUT2D eigenvalue weighted by atomic mass is 10.0. The molecule has 4 rings (SSSR count). The number of hydrogen-bond donors (Lipinski definition) is 4. The number of phenols is 2. The molecular weight excluding hydrogens is 494 g/mol. The lowest BCUT2D eigenvalue weighted by Crippen LogP contribution is -2.76. The van der Waals surface area contributed by atoms with E-state index in [9.17, 15) is 34.5 Å². The Labute approximate surface area is 219 Å². The molecule has 0 radical (unpaired) electrons. The number of carboxylic acids is 1. The van der Waals surface area contributed by atoms with Crippen LogP contribution in [0, 0.1) is 0 Å². The number of piperazine rings is 1. The molecule has 0 saturated carbocycles. The lowest BCUT2D eigenvalue weighted by Gasteiger charge is -2.55. The van der Waals surface area contributed by atoms with E-state index in [1.165, 1.54) is 26.9 Å².